The van der Waals surface area contributed by atoms with E-state index in [0.717, 1.165) is 37.8 Å². The number of esters is 1. The molecular weight excluding hydrogens is 542 g/mol. The van der Waals surface area contributed by atoms with E-state index in [-0.39, 0.29) is 35.0 Å². The number of carbonyl (C=O) groups is 3. The van der Waals surface area contributed by atoms with Gasteiger partial charge >= 0.3 is 12.1 Å². The summed E-state index contributed by atoms with van der Waals surface area (Å²) in [6.45, 7) is 17.1. The predicted octanol–water partition coefficient (Wildman–Crippen LogP) is 6.82. The van der Waals surface area contributed by atoms with Gasteiger partial charge in [0.2, 0.25) is 0 Å². The molecule has 43 heavy (non-hydrogen) atoms. The molecule has 1 amide bonds. The molecule has 1 saturated heterocycles. The highest BCUT2D eigenvalue weighted by atomic mass is 16.7. The second kappa shape index (κ2) is 11.9. The summed E-state index contributed by atoms with van der Waals surface area (Å²) in [4.78, 5) is 45.4. The number of rotatable bonds is 6. The van der Waals surface area contributed by atoms with Crippen LogP contribution in [0.5, 0.6) is 0 Å². The molecule has 240 valence electrons. The predicted molar refractivity (Wildman–Crippen MR) is 167 cm³/mol. The molecule has 3 saturated carbocycles. The van der Waals surface area contributed by atoms with Crippen LogP contribution >= 0.6 is 0 Å². The number of ether oxygens (including phenoxy) is 1. The molecule has 0 spiro atoms. The van der Waals surface area contributed by atoms with E-state index in [9.17, 15) is 14.4 Å². The van der Waals surface area contributed by atoms with Gasteiger partial charge in [-0.25, -0.2) is 4.79 Å². The Morgan fingerprint density at radius 2 is 1.79 bits per heavy atom. The van der Waals surface area contributed by atoms with Crippen LogP contribution in [-0.4, -0.2) is 58.7 Å². The second-order valence-electron chi connectivity index (χ2n) is 16.0. The lowest BCUT2D eigenvalue weighted by molar-refractivity contribution is -0.149. The summed E-state index contributed by atoms with van der Waals surface area (Å²) in [6, 6.07) is -0.354. The number of hydrogen-bond donors (Lipinski definition) is 1. The molecule has 8 heteroatoms. The maximum atomic E-state index is 13.4. The van der Waals surface area contributed by atoms with Crippen LogP contribution in [0, 0.1) is 34.5 Å². The van der Waals surface area contributed by atoms with Crippen LogP contribution in [0.25, 0.3) is 0 Å². The number of fused-ring (bicyclic) bond motifs is 5. The Labute approximate surface area is 258 Å². The van der Waals surface area contributed by atoms with Crippen molar-refractivity contribution in [2.24, 2.45) is 39.7 Å². The van der Waals surface area contributed by atoms with Crippen LogP contribution in [0.4, 0.5) is 4.79 Å². The number of nitrogens with one attached hydrogen (secondary N) is 1. The van der Waals surface area contributed by atoms with Gasteiger partial charge in [0.05, 0.1) is 11.8 Å². The molecule has 1 heterocycles. The number of nitrogens with zero attached hydrogens (tertiary/aromatic N) is 2. The van der Waals surface area contributed by atoms with E-state index in [1.807, 2.05) is 47.6 Å². The van der Waals surface area contributed by atoms with Crippen LogP contribution in [0.1, 0.15) is 120 Å². The summed E-state index contributed by atoms with van der Waals surface area (Å²) in [7, 11) is 0. The van der Waals surface area contributed by atoms with Crippen LogP contribution < -0.4 is 5.32 Å². The molecule has 0 aromatic carbocycles. The summed E-state index contributed by atoms with van der Waals surface area (Å²) in [6.07, 6.45) is 11.4. The molecule has 2 unspecified atom stereocenters. The molecule has 4 aliphatic carbocycles. The van der Waals surface area contributed by atoms with E-state index >= 15 is 0 Å². The fourth-order valence-electron chi connectivity index (χ4n) is 9.78. The van der Waals surface area contributed by atoms with Gasteiger partial charge in [-0.2, -0.15) is 0 Å². The largest absolute Gasteiger partial charge is 0.462 e. The molecule has 0 bridgehead atoms. The van der Waals surface area contributed by atoms with Gasteiger partial charge in [-0.05, 0) is 134 Å². The van der Waals surface area contributed by atoms with Crippen molar-refractivity contribution in [1.82, 2.24) is 10.2 Å². The third-order valence-corrected chi connectivity index (χ3v) is 12.0. The topological polar surface area (TPSA) is 97.3 Å². The lowest BCUT2D eigenvalue weighted by atomic mass is 9.46. The highest BCUT2D eigenvalue weighted by Crippen LogP contribution is 2.66. The molecule has 1 aliphatic heterocycles. The van der Waals surface area contributed by atoms with Crippen molar-refractivity contribution >= 4 is 23.6 Å². The van der Waals surface area contributed by atoms with E-state index in [4.69, 9.17) is 9.57 Å². The molecule has 0 radical (unpaired) electrons. The molecule has 0 aromatic heterocycles. The number of allylic oxidation sites excluding steroid dienone is 1. The zero-order valence-electron chi connectivity index (χ0n) is 27.8. The monoisotopic (exact) mass is 597 g/mol. The van der Waals surface area contributed by atoms with E-state index in [1.54, 1.807) is 4.90 Å². The average Bonchev–Trinajstić information content (AvgIpc) is 3.54. The van der Waals surface area contributed by atoms with Gasteiger partial charge in [0, 0.05) is 30.5 Å². The standard InChI is InChI=1S/C35H55N3O5/c1-21(2)42-31(40)30-14-10-24(36-30)20-38(33(4,5)6)32(41)43-37-22(3)27-12-13-28-26-11-9-23-19-25(39)15-17-34(23,7)29(26)16-18-35(27,28)8/h19,21,24,26-30,36H,9-18,20H2,1-8H3/b37-22+/t24?,26-,27+,28-,29-,30?,34-,35+/m0/s1. The Balaban J connectivity index is 1.23. The summed E-state index contributed by atoms with van der Waals surface area (Å²) < 4.78 is 5.38. The first kappa shape index (κ1) is 32.2. The molecule has 0 aromatic rings. The summed E-state index contributed by atoms with van der Waals surface area (Å²) in [5.41, 5.74) is 2.20. The first-order valence-electron chi connectivity index (χ1n) is 16.9. The van der Waals surface area contributed by atoms with Crippen molar-refractivity contribution < 1.29 is 24.0 Å². The maximum Gasteiger partial charge on any atom is 0.436 e. The van der Waals surface area contributed by atoms with Crippen molar-refractivity contribution in [2.75, 3.05) is 6.54 Å². The van der Waals surface area contributed by atoms with Crippen molar-refractivity contribution in [3.8, 4) is 0 Å². The minimum Gasteiger partial charge on any atom is -0.462 e. The quantitative estimate of drug-likeness (QED) is 0.156. The van der Waals surface area contributed by atoms with Crippen LogP contribution in [0.2, 0.25) is 0 Å². The van der Waals surface area contributed by atoms with Gasteiger partial charge in [-0.15, -0.1) is 0 Å². The second-order valence-corrected chi connectivity index (χ2v) is 16.0. The first-order valence-corrected chi connectivity index (χ1v) is 16.9. The number of ketones is 1. The molecule has 4 fully saturated rings. The summed E-state index contributed by atoms with van der Waals surface area (Å²) in [5.74, 6) is 2.37. The van der Waals surface area contributed by atoms with Crippen molar-refractivity contribution in [1.29, 1.82) is 0 Å². The molecule has 8 nitrogen and oxygen atoms in total. The normalized spacial score (nSPS) is 37.7. The summed E-state index contributed by atoms with van der Waals surface area (Å²) >= 11 is 0. The first-order chi connectivity index (χ1) is 20.1. The minimum absolute atomic E-state index is 0.0127. The molecule has 8 atom stereocenters. The fourth-order valence-corrected chi connectivity index (χ4v) is 9.78. The molecule has 1 N–H and O–H groups in total. The zero-order valence-corrected chi connectivity index (χ0v) is 27.8. The van der Waals surface area contributed by atoms with E-state index in [2.05, 4.69) is 24.3 Å². The SMILES string of the molecule is C/C(=N\OC(=O)N(CC1CCC(C(=O)OC(C)C)N1)C(C)(C)C)[C@H]1CC[C@H]2[C@@H]3CCC4=CC(=O)CC[C@]4(C)[C@H]3CC[C@]12C. The van der Waals surface area contributed by atoms with Crippen LogP contribution in [0.15, 0.2) is 16.8 Å². The number of oxime groups is 1. The van der Waals surface area contributed by atoms with Gasteiger partial charge in [-0.1, -0.05) is 24.6 Å². The van der Waals surface area contributed by atoms with Crippen molar-refractivity contribution in [3.63, 3.8) is 0 Å². The zero-order chi connectivity index (χ0) is 31.3. The average molecular weight is 598 g/mol. The number of amides is 1. The molecular formula is C35H55N3O5. The molecule has 5 aliphatic rings. The van der Waals surface area contributed by atoms with Crippen molar-refractivity contribution in [3.05, 3.63) is 11.6 Å². The van der Waals surface area contributed by atoms with Gasteiger partial charge in [0.1, 0.15) is 6.04 Å². The van der Waals surface area contributed by atoms with Crippen LogP contribution in [-0.2, 0) is 19.2 Å². The van der Waals surface area contributed by atoms with Gasteiger partial charge in [0.15, 0.2) is 5.78 Å². The Morgan fingerprint density at radius 1 is 1.05 bits per heavy atom. The minimum atomic E-state index is -0.463. The highest BCUT2D eigenvalue weighted by Gasteiger charge is 2.59. The smallest absolute Gasteiger partial charge is 0.436 e. The highest BCUT2D eigenvalue weighted by molar-refractivity contribution is 5.91. The van der Waals surface area contributed by atoms with Gasteiger partial charge in [-0.3, -0.25) is 24.6 Å². The maximum absolute atomic E-state index is 13.4. The van der Waals surface area contributed by atoms with Gasteiger partial charge < -0.3 is 4.74 Å². The van der Waals surface area contributed by atoms with E-state index in [1.165, 1.54) is 24.8 Å². The molecule has 5 rings (SSSR count). The fraction of sp³-hybridized carbons (Fsp3) is 0.829. The Kier molecular flexibility index (Phi) is 8.94. The van der Waals surface area contributed by atoms with Gasteiger partial charge in [0.25, 0.3) is 0 Å². The Hall–Kier alpha value is -2.22. The summed E-state index contributed by atoms with van der Waals surface area (Å²) in [5, 5.41) is 7.87. The third kappa shape index (κ3) is 6.19. The number of carbonyl (C=O) groups excluding carboxylic acids is 3. The lowest BCUT2D eigenvalue weighted by Gasteiger charge is -2.58. The lowest BCUT2D eigenvalue weighted by Crippen LogP contribution is -2.52. The Morgan fingerprint density at radius 3 is 2.49 bits per heavy atom. The third-order valence-electron chi connectivity index (χ3n) is 12.0. The van der Waals surface area contributed by atoms with E-state index < -0.39 is 11.6 Å². The van der Waals surface area contributed by atoms with Crippen LogP contribution in [0.3, 0.4) is 0 Å². The van der Waals surface area contributed by atoms with E-state index in [0.29, 0.717) is 48.8 Å². The Bertz CT molecular complexity index is 1170. The van der Waals surface area contributed by atoms with Crippen molar-refractivity contribution in [2.45, 2.75) is 143 Å². The number of hydrogen-bond acceptors (Lipinski definition) is 7.